The van der Waals surface area contributed by atoms with Gasteiger partial charge in [-0.25, -0.2) is 14.5 Å². The Kier molecular flexibility index (Phi) is 8.09. The van der Waals surface area contributed by atoms with Crippen LogP contribution in [-0.4, -0.2) is 46.9 Å². The van der Waals surface area contributed by atoms with Gasteiger partial charge in [-0.2, -0.15) is 0 Å². The van der Waals surface area contributed by atoms with Crippen molar-refractivity contribution in [1.29, 1.82) is 0 Å². The van der Waals surface area contributed by atoms with E-state index in [0.29, 0.717) is 39.8 Å². The minimum Gasteiger partial charge on any atom is -0.476 e. The standard InChI is InChI=1S/C28H21Cl2N7O4/c29-19-7-8-22(37-15-21(28(40)41)35-36-37)17(13-19)6-9-23(38)32-20(12-16-4-2-1-3-5-16)27-33-25(26(30)34-27)18-10-11-31-24(39)14-18/h1-11,13-15,20H,12H2,(H,31,39)(H,32,38)(H,33,34)(H,40,41)/t20-/m0/s1. The number of carboxylic acid groups (broad SMARTS) is 1. The van der Waals surface area contributed by atoms with E-state index in [9.17, 15) is 19.5 Å². The largest absolute Gasteiger partial charge is 0.476 e. The van der Waals surface area contributed by atoms with Crippen molar-refractivity contribution in [1.82, 2.24) is 35.3 Å². The fourth-order valence-electron chi connectivity index (χ4n) is 4.12. The van der Waals surface area contributed by atoms with Crippen LogP contribution in [0.15, 0.2) is 83.9 Å². The van der Waals surface area contributed by atoms with Gasteiger partial charge >= 0.3 is 5.97 Å². The van der Waals surface area contributed by atoms with Gasteiger partial charge in [-0.15, -0.1) is 5.10 Å². The maximum atomic E-state index is 13.2. The first kappa shape index (κ1) is 27.6. The minimum absolute atomic E-state index is 0.227. The summed E-state index contributed by atoms with van der Waals surface area (Å²) in [7, 11) is 0. The molecule has 0 saturated carbocycles. The van der Waals surface area contributed by atoms with Crippen LogP contribution in [0.1, 0.15) is 33.5 Å². The van der Waals surface area contributed by atoms with Gasteiger partial charge in [0, 0.05) is 34.5 Å². The van der Waals surface area contributed by atoms with Crippen LogP contribution >= 0.6 is 23.2 Å². The summed E-state index contributed by atoms with van der Waals surface area (Å²) in [6.07, 6.45) is 6.03. The van der Waals surface area contributed by atoms with Gasteiger partial charge < -0.3 is 20.4 Å². The molecule has 0 unspecified atom stereocenters. The number of H-pyrrole nitrogens is 2. The Morgan fingerprint density at radius 1 is 1.10 bits per heavy atom. The second-order valence-corrected chi connectivity index (χ2v) is 9.68. The number of pyridine rings is 1. The third-order valence-corrected chi connectivity index (χ3v) is 6.53. The maximum Gasteiger partial charge on any atom is 0.358 e. The monoisotopic (exact) mass is 589 g/mol. The van der Waals surface area contributed by atoms with E-state index < -0.39 is 17.9 Å². The summed E-state index contributed by atoms with van der Waals surface area (Å²) in [5.41, 5.74) is 2.31. The predicted octanol–water partition coefficient (Wildman–Crippen LogP) is 4.46. The van der Waals surface area contributed by atoms with E-state index in [1.807, 2.05) is 30.3 Å². The van der Waals surface area contributed by atoms with E-state index in [0.717, 1.165) is 5.56 Å². The number of nitrogens with one attached hydrogen (secondary N) is 3. The molecule has 5 aromatic rings. The van der Waals surface area contributed by atoms with Crippen molar-refractivity contribution in [2.45, 2.75) is 12.5 Å². The molecule has 0 fully saturated rings. The zero-order valence-corrected chi connectivity index (χ0v) is 22.6. The molecule has 4 N–H and O–H groups in total. The van der Waals surface area contributed by atoms with Gasteiger partial charge in [0.2, 0.25) is 11.5 Å². The Hall–Kier alpha value is -5.00. The summed E-state index contributed by atoms with van der Waals surface area (Å²) in [4.78, 5) is 46.4. The molecular weight excluding hydrogens is 569 g/mol. The van der Waals surface area contributed by atoms with Crippen LogP contribution in [0.5, 0.6) is 0 Å². The summed E-state index contributed by atoms with van der Waals surface area (Å²) < 4.78 is 1.29. The fraction of sp³-hybridized carbons (Fsp3) is 0.0714. The SMILES string of the molecule is O=C(C=Cc1cc(Cl)ccc1-n1cc(C(=O)O)nn1)N[C@@H](Cc1ccccc1)c1nc(-c2cc[nH]c(=O)c2)c(Cl)[nH]1. The van der Waals surface area contributed by atoms with Crippen molar-refractivity contribution >= 4 is 41.2 Å². The zero-order valence-electron chi connectivity index (χ0n) is 21.1. The van der Waals surface area contributed by atoms with Crippen molar-refractivity contribution in [2.75, 3.05) is 0 Å². The van der Waals surface area contributed by atoms with E-state index in [1.54, 1.807) is 24.3 Å². The van der Waals surface area contributed by atoms with Gasteiger partial charge in [0.25, 0.3) is 0 Å². The lowest BCUT2D eigenvalue weighted by Crippen LogP contribution is -2.29. The first-order valence-electron chi connectivity index (χ1n) is 12.2. The number of carbonyl (C=O) groups excluding carboxylic acids is 1. The Bertz CT molecular complexity index is 1810. The smallest absolute Gasteiger partial charge is 0.358 e. The number of benzene rings is 2. The third kappa shape index (κ3) is 6.60. The van der Waals surface area contributed by atoms with Gasteiger partial charge in [0.05, 0.1) is 17.9 Å². The van der Waals surface area contributed by atoms with Gasteiger partial charge in [-0.3, -0.25) is 9.59 Å². The number of hydrogen-bond acceptors (Lipinski definition) is 6. The Labute approximate surface area is 242 Å². The van der Waals surface area contributed by atoms with Crippen LogP contribution in [0.2, 0.25) is 10.2 Å². The normalized spacial score (nSPS) is 12.0. The summed E-state index contributed by atoms with van der Waals surface area (Å²) in [6, 6.07) is 16.9. The highest BCUT2D eigenvalue weighted by atomic mass is 35.5. The molecule has 5 rings (SSSR count). The van der Waals surface area contributed by atoms with Crippen LogP contribution in [0.25, 0.3) is 23.0 Å². The Morgan fingerprint density at radius 3 is 2.63 bits per heavy atom. The average Bonchev–Trinajstić information content (AvgIpc) is 3.60. The van der Waals surface area contributed by atoms with Crippen molar-refractivity contribution in [3.8, 4) is 16.9 Å². The Balaban J connectivity index is 1.43. The predicted molar refractivity (Wildman–Crippen MR) is 153 cm³/mol. The van der Waals surface area contributed by atoms with Crippen LogP contribution < -0.4 is 10.9 Å². The van der Waals surface area contributed by atoms with Gasteiger partial charge in [0.1, 0.15) is 16.7 Å². The van der Waals surface area contributed by atoms with Crippen LogP contribution in [0, 0.1) is 0 Å². The molecule has 0 aliphatic rings. The minimum atomic E-state index is -1.22. The van der Waals surface area contributed by atoms with Crippen molar-refractivity contribution in [2.24, 2.45) is 0 Å². The second kappa shape index (κ2) is 12.0. The number of imidazole rings is 1. The topological polar surface area (TPSA) is 159 Å². The molecule has 206 valence electrons. The molecule has 0 saturated heterocycles. The first-order valence-corrected chi connectivity index (χ1v) is 12.9. The fourth-order valence-corrected chi connectivity index (χ4v) is 4.54. The molecule has 0 aliphatic heterocycles. The average molecular weight is 590 g/mol. The molecule has 13 heteroatoms. The second-order valence-electron chi connectivity index (χ2n) is 8.87. The number of aromatic carboxylic acids is 1. The van der Waals surface area contributed by atoms with Crippen molar-refractivity contribution in [3.63, 3.8) is 0 Å². The van der Waals surface area contributed by atoms with Crippen LogP contribution in [-0.2, 0) is 11.2 Å². The number of halogens is 2. The number of rotatable bonds is 9. The third-order valence-electron chi connectivity index (χ3n) is 6.02. The lowest BCUT2D eigenvalue weighted by Gasteiger charge is -2.16. The number of carboxylic acids is 1. The molecule has 0 aliphatic carbocycles. The number of aromatic nitrogens is 6. The molecule has 3 heterocycles. The number of hydrogen-bond donors (Lipinski definition) is 4. The van der Waals surface area contributed by atoms with E-state index in [1.165, 1.54) is 35.3 Å². The molecule has 3 aromatic heterocycles. The van der Waals surface area contributed by atoms with Gasteiger partial charge in [-0.1, -0.05) is 58.7 Å². The Morgan fingerprint density at radius 2 is 1.90 bits per heavy atom. The lowest BCUT2D eigenvalue weighted by atomic mass is 10.1. The molecular formula is C28H21Cl2N7O4. The van der Waals surface area contributed by atoms with Crippen LogP contribution in [0.4, 0.5) is 0 Å². The van der Waals surface area contributed by atoms with Crippen molar-refractivity contribution in [3.05, 3.63) is 122 Å². The van der Waals surface area contributed by atoms with Crippen molar-refractivity contribution < 1.29 is 14.7 Å². The molecule has 0 bridgehead atoms. The summed E-state index contributed by atoms with van der Waals surface area (Å²) in [5, 5.41) is 20.3. The molecule has 0 radical (unpaired) electrons. The highest BCUT2D eigenvalue weighted by Gasteiger charge is 2.21. The van der Waals surface area contributed by atoms with Gasteiger partial charge in [-0.05, 0) is 42.3 Å². The summed E-state index contributed by atoms with van der Waals surface area (Å²) in [6.45, 7) is 0. The highest BCUT2D eigenvalue weighted by Crippen LogP contribution is 2.28. The zero-order chi connectivity index (χ0) is 28.9. The summed E-state index contributed by atoms with van der Waals surface area (Å²) >= 11 is 12.6. The lowest BCUT2D eigenvalue weighted by molar-refractivity contribution is -0.117. The number of nitrogens with zero attached hydrogens (tertiary/aromatic N) is 4. The maximum absolute atomic E-state index is 13.2. The van der Waals surface area contributed by atoms with Crippen LogP contribution in [0.3, 0.4) is 0 Å². The van der Waals surface area contributed by atoms with E-state index in [4.69, 9.17) is 23.2 Å². The molecule has 41 heavy (non-hydrogen) atoms. The molecule has 1 atom stereocenters. The molecule has 11 nitrogen and oxygen atoms in total. The number of aromatic amines is 2. The summed E-state index contributed by atoms with van der Waals surface area (Å²) in [5.74, 6) is -1.25. The van der Waals surface area contributed by atoms with Gasteiger partial charge in [0.15, 0.2) is 5.69 Å². The molecule has 1 amide bonds. The number of carbonyl (C=O) groups is 2. The molecule has 2 aromatic carbocycles. The molecule has 0 spiro atoms. The number of amides is 1. The highest BCUT2D eigenvalue weighted by molar-refractivity contribution is 6.32. The first-order chi connectivity index (χ1) is 19.8. The quantitative estimate of drug-likeness (QED) is 0.185. The van der Waals surface area contributed by atoms with E-state index in [-0.39, 0.29) is 16.4 Å². The van der Waals surface area contributed by atoms with E-state index in [2.05, 4.69) is 30.6 Å². The van der Waals surface area contributed by atoms with E-state index >= 15 is 0 Å².